The number of allylic oxidation sites excluding steroid dienone is 1. The zero-order valence-corrected chi connectivity index (χ0v) is 34.8. The fraction of sp³-hybridized carbons (Fsp3) is 0.0169. The molecule has 0 saturated carbocycles. The van der Waals surface area contributed by atoms with Crippen molar-refractivity contribution < 1.29 is 0 Å². The Morgan fingerprint density at radius 1 is 0.413 bits per heavy atom. The first-order valence-electron chi connectivity index (χ1n) is 21.4. The van der Waals surface area contributed by atoms with Gasteiger partial charge in [0.1, 0.15) is 0 Å². The van der Waals surface area contributed by atoms with E-state index in [1.165, 1.54) is 54.8 Å². The van der Waals surface area contributed by atoms with Gasteiger partial charge in [-0.05, 0) is 88.5 Å². The van der Waals surface area contributed by atoms with Crippen molar-refractivity contribution in [2.45, 2.75) is 0 Å². The number of rotatable bonds is 8. The lowest BCUT2D eigenvalue weighted by Crippen LogP contribution is -2.05. The van der Waals surface area contributed by atoms with Crippen molar-refractivity contribution in [2.75, 3.05) is 7.05 Å². The number of para-hydroxylation sites is 3. The van der Waals surface area contributed by atoms with Crippen LogP contribution in [0.5, 0.6) is 0 Å². The van der Waals surface area contributed by atoms with Gasteiger partial charge in [0, 0.05) is 51.1 Å². The van der Waals surface area contributed by atoms with Gasteiger partial charge in [0.15, 0.2) is 5.84 Å². The van der Waals surface area contributed by atoms with Gasteiger partial charge in [0.25, 0.3) is 0 Å². The molecular weight excluding hydrogens is 765 g/mol. The average molecular weight is 807 g/mol. The summed E-state index contributed by atoms with van der Waals surface area (Å²) in [6, 6.07) is 79.9. The molecule has 0 unspecified atom stereocenters. The molecule has 0 bridgehead atoms. The van der Waals surface area contributed by atoms with Crippen molar-refractivity contribution in [1.29, 1.82) is 0 Å². The Kier molecular flexibility index (Phi) is 9.72. The third-order valence-electron chi connectivity index (χ3n) is 12.0. The van der Waals surface area contributed by atoms with E-state index in [2.05, 4.69) is 214 Å². The smallest absolute Gasteiger partial charge is 0.154 e. The molecule has 2 aromatic heterocycles. The van der Waals surface area contributed by atoms with E-state index in [1.54, 1.807) is 0 Å². The second kappa shape index (κ2) is 16.3. The molecule has 0 spiro atoms. The van der Waals surface area contributed by atoms with E-state index in [0.29, 0.717) is 5.84 Å². The van der Waals surface area contributed by atoms with Crippen LogP contribution in [0.25, 0.3) is 83.3 Å². The number of benzene rings is 9. The minimum absolute atomic E-state index is 0.675. The van der Waals surface area contributed by atoms with Gasteiger partial charge in [0.05, 0.1) is 27.8 Å². The van der Waals surface area contributed by atoms with Crippen LogP contribution in [0, 0.1) is 0 Å². The van der Waals surface area contributed by atoms with Crippen molar-refractivity contribution in [3.05, 3.63) is 247 Å². The summed E-state index contributed by atoms with van der Waals surface area (Å²) in [6.45, 7) is 0. The minimum atomic E-state index is 0.675. The Morgan fingerprint density at radius 2 is 0.984 bits per heavy atom. The van der Waals surface area contributed by atoms with Crippen molar-refractivity contribution in [3.63, 3.8) is 0 Å². The van der Waals surface area contributed by atoms with Crippen LogP contribution in [0.15, 0.2) is 241 Å². The highest BCUT2D eigenvalue weighted by molar-refractivity contribution is 6.19. The second-order valence-corrected chi connectivity index (χ2v) is 15.8. The molecule has 2 heterocycles. The molecule has 0 aliphatic carbocycles. The van der Waals surface area contributed by atoms with Crippen LogP contribution in [0.3, 0.4) is 0 Å². The molecule has 0 aliphatic heterocycles. The maximum atomic E-state index is 5.13. The average Bonchev–Trinajstić information content (AvgIpc) is 3.88. The first-order valence-corrected chi connectivity index (χ1v) is 21.4. The van der Waals surface area contributed by atoms with E-state index in [4.69, 9.17) is 4.99 Å². The Morgan fingerprint density at radius 3 is 1.75 bits per heavy atom. The molecule has 298 valence electrons. The largest absolute Gasteiger partial charge is 0.309 e. The maximum Gasteiger partial charge on any atom is 0.154 e. The van der Waals surface area contributed by atoms with Gasteiger partial charge < -0.3 is 9.13 Å². The first kappa shape index (κ1) is 37.6. The Labute approximate surface area is 366 Å². The van der Waals surface area contributed by atoms with E-state index in [-0.39, 0.29) is 0 Å². The molecule has 11 rings (SSSR count). The number of hydrogen-bond acceptors (Lipinski definition) is 1. The number of hydrogen-bond donors (Lipinski definition) is 0. The fourth-order valence-corrected chi connectivity index (χ4v) is 9.07. The Balaban J connectivity index is 0.972. The summed E-state index contributed by atoms with van der Waals surface area (Å²) in [7, 11) is 1.81. The molecule has 9 aromatic carbocycles. The predicted octanol–water partition coefficient (Wildman–Crippen LogP) is 14.8. The maximum absolute atomic E-state index is 5.13. The van der Waals surface area contributed by atoms with Crippen molar-refractivity contribution in [1.82, 2.24) is 9.13 Å². The van der Waals surface area contributed by atoms with E-state index in [9.17, 15) is 0 Å². The lowest BCUT2D eigenvalue weighted by atomic mass is 9.98. The summed E-state index contributed by atoms with van der Waals surface area (Å²) < 4.78 is 4.78. The van der Waals surface area contributed by atoms with Crippen molar-refractivity contribution >= 4 is 61.2 Å². The van der Waals surface area contributed by atoms with Gasteiger partial charge >= 0.3 is 0 Å². The Bertz CT molecular complexity index is 3540. The molecule has 0 aliphatic rings. The molecule has 0 fully saturated rings. The second-order valence-electron chi connectivity index (χ2n) is 15.8. The van der Waals surface area contributed by atoms with Crippen LogP contribution >= 0.6 is 0 Å². The third kappa shape index (κ3) is 6.94. The number of amidine groups is 1. The highest BCUT2D eigenvalue weighted by Gasteiger charge is 2.18. The van der Waals surface area contributed by atoms with Gasteiger partial charge in [-0.2, -0.15) is 0 Å². The molecular formula is C59H42N4. The number of fused-ring (bicyclic) bond motifs is 6. The molecule has 0 atom stereocenters. The van der Waals surface area contributed by atoms with E-state index < -0.39 is 0 Å². The van der Waals surface area contributed by atoms with Gasteiger partial charge in [-0.15, -0.1) is 0 Å². The number of aliphatic imine (C=N–C) groups is 2. The fourth-order valence-electron chi connectivity index (χ4n) is 9.07. The third-order valence-corrected chi connectivity index (χ3v) is 12.0. The summed E-state index contributed by atoms with van der Waals surface area (Å²) >= 11 is 0. The topological polar surface area (TPSA) is 34.6 Å². The summed E-state index contributed by atoms with van der Waals surface area (Å²) in [4.78, 5) is 9.80. The van der Waals surface area contributed by atoms with E-state index in [0.717, 1.165) is 44.9 Å². The normalized spacial score (nSPS) is 12.3. The molecule has 0 amide bonds. The molecule has 0 N–H and O–H groups in total. The monoisotopic (exact) mass is 806 g/mol. The minimum Gasteiger partial charge on any atom is -0.309 e. The summed E-state index contributed by atoms with van der Waals surface area (Å²) in [5, 5.41) is 4.92. The van der Waals surface area contributed by atoms with Gasteiger partial charge in [-0.1, -0.05) is 176 Å². The van der Waals surface area contributed by atoms with Crippen molar-refractivity contribution in [2.24, 2.45) is 9.98 Å². The number of aromatic nitrogens is 2. The van der Waals surface area contributed by atoms with Crippen molar-refractivity contribution in [3.8, 4) is 33.6 Å². The van der Waals surface area contributed by atoms with E-state index >= 15 is 0 Å². The van der Waals surface area contributed by atoms with Crippen LogP contribution in [-0.4, -0.2) is 27.7 Å². The van der Waals surface area contributed by atoms with Crippen LogP contribution in [0.2, 0.25) is 0 Å². The van der Waals surface area contributed by atoms with Gasteiger partial charge in [-0.25, -0.2) is 4.99 Å². The zero-order valence-electron chi connectivity index (χ0n) is 34.8. The highest BCUT2D eigenvalue weighted by Crippen LogP contribution is 2.40. The van der Waals surface area contributed by atoms with Crippen LogP contribution in [0.4, 0.5) is 0 Å². The molecule has 0 saturated heterocycles. The number of nitrogens with zero attached hydrogens (tertiary/aromatic N) is 4. The van der Waals surface area contributed by atoms with E-state index in [1.807, 2.05) is 43.4 Å². The highest BCUT2D eigenvalue weighted by atomic mass is 15.0. The van der Waals surface area contributed by atoms with Crippen LogP contribution < -0.4 is 0 Å². The summed E-state index contributed by atoms with van der Waals surface area (Å²) in [5.74, 6) is 0.675. The predicted molar refractivity (Wildman–Crippen MR) is 267 cm³/mol. The van der Waals surface area contributed by atoms with Crippen LogP contribution in [-0.2, 0) is 0 Å². The SMILES string of the molecule is CN=C(N=C(/C=C/c1ccccc1)c1ccccc1)c1ccc(-c2cccc3c2c2ccccc2n3-c2cccc(-c3ccc4c(c3)c3ccccc3n4-c3ccccc3)c2)cc1. The Hall–Kier alpha value is -8.34. The molecule has 4 heteroatoms. The summed E-state index contributed by atoms with van der Waals surface area (Å²) in [5.41, 5.74) is 15.6. The summed E-state index contributed by atoms with van der Waals surface area (Å²) in [6.07, 6.45) is 4.17. The lowest BCUT2D eigenvalue weighted by molar-refractivity contribution is 1.18. The van der Waals surface area contributed by atoms with Gasteiger partial charge in [-0.3, -0.25) is 4.99 Å². The zero-order chi connectivity index (χ0) is 42.1. The standard InChI is InChI=1S/C59H42N4/c1-60-59(61-53(43-19-7-3-8-20-43)37-31-41-17-5-2-6-18-41)44-34-32-42(33-35-44)49-27-16-30-57-58(49)51-26-12-14-29-55(51)63(57)48-24-15-21-45(39-48)46-36-38-56-52(40-46)50-25-11-13-28-54(50)62(56)47-22-9-4-10-23-47/h2-40H,1H3/b37-31+,60-59?,61-53?. The molecule has 11 aromatic rings. The first-order chi connectivity index (χ1) is 31.2. The molecule has 0 radical (unpaired) electrons. The quantitative estimate of drug-likeness (QED) is 0.108. The lowest BCUT2D eigenvalue weighted by Gasteiger charge is -2.12. The van der Waals surface area contributed by atoms with Crippen LogP contribution in [0.1, 0.15) is 16.7 Å². The molecule has 4 nitrogen and oxygen atoms in total. The molecule has 63 heavy (non-hydrogen) atoms. The van der Waals surface area contributed by atoms with Gasteiger partial charge in [0.2, 0.25) is 0 Å².